The summed E-state index contributed by atoms with van der Waals surface area (Å²) in [6.45, 7) is 4.32. The van der Waals surface area contributed by atoms with Crippen LogP contribution in [0.15, 0.2) is 0 Å². The third kappa shape index (κ3) is 2.98. The minimum atomic E-state index is 0.158. The van der Waals surface area contributed by atoms with Gasteiger partial charge >= 0.3 is 0 Å². The lowest BCUT2D eigenvalue weighted by Gasteiger charge is -2.57. The largest absolute Gasteiger partial charge is 0.381 e. The van der Waals surface area contributed by atoms with E-state index >= 15 is 0 Å². The van der Waals surface area contributed by atoms with Gasteiger partial charge in [-0.05, 0) is 39.0 Å². The van der Waals surface area contributed by atoms with E-state index in [-0.39, 0.29) is 17.2 Å². The highest BCUT2D eigenvalue weighted by Crippen LogP contribution is 2.53. The highest BCUT2D eigenvalue weighted by molar-refractivity contribution is 5.79. The van der Waals surface area contributed by atoms with Crippen molar-refractivity contribution in [2.24, 2.45) is 11.3 Å². The van der Waals surface area contributed by atoms with E-state index in [1.54, 1.807) is 0 Å². The molecule has 0 bridgehead atoms. The van der Waals surface area contributed by atoms with E-state index in [4.69, 9.17) is 9.47 Å². The summed E-state index contributed by atoms with van der Waals surface area (Å²) in [6, 6.07) is 0.338. The van der Waals surface area contributed by atoms with Crippen LogP contribution in [0.25, 0.3) is 0 Å². The molecule has 3 aliphatic rings. The van der Waals surface area contributed by atoms with Crippen molar-refractivity contribution in [1.82, 2.24) is 5.32 Å². The average Bonchev–Trinajstić information content (AvgIpc) is 2.55. The van der Waals surface area contributed by atoms with Gasteiger partial charge in [0.05, 0.1) is 6.10 Å². The molecule has 0 radical (unpaired) electrons. The van der Waals surface area contributed by atoms with Crippen LogP contribution in [0.1, 0.15) is 58.3 Å². The van der Waals surface area contributed by atoms with E-state index in [9.17, 15) is 4.79 Å². The summed E-state index contributed by atoms with van der Waals surface area (Å²) in [5.41, 5.74) is 0.231. The number of hydrogen-bond donors (Lipinski definition) is 1. The first-order chi connectivity index (χ1) is 10.3. The first kappa shape index (κ1) is 15.3. The molecule has 0 aromatic rings. The average molecular weight is 295 g/mol. The monoisotopic (exact) mass is 295 g/mol. The van der Waals surface area contributed by atoms with Crippen molar-refractivity contribution >= 4 is 5.91 Å². The van der Waals surface area contributed by atoms with Crippen LogP contribution in [0.5, 0.6) is 0 Å². The zero-order chi connectivity index (χ0) is 14.7. The van der Waals surface area contributed by atoms with Crippen molar-refractivity contribution in [3.8, 4) is 0 Å². The number of carbonyl (C=O) groups excluding carboxylic acids is 1. The number of ether oxygens (including phenoxy) is 2. The molecular weight excluding hydrogens is 266 g/mol. The quantitative estimate of drug-likeness (QED) is 0.867. The maximum atomic E-state index is 12.5. The minimum Gasteiger partial charge on any atom is -0.381 e. The lowest BCUT2D eigenvalue weighted by atomic mass is 9.55. The molecule has 3 fully saturated rings. The van der Waals surface area contributed by atoms with Gasteiger partial charge in [0.25, 0.3) is 0 Å². The second-order valence-corrected chi connectivity index (χ2v) is 6.92. The summed E-state index contributed by atoms with van der Waals surface area (Å²) in [6.07, 6.45) is 9.46. The summed E-state index contributed by atoms with van der Waals surface area (Å²) in [4.78, 5) is 12.5. The Kier molecular flexibility index (Phi) is 4.85. The molecule has 2 atom stereocenters. The lowest BCUT2D eigenvalue weighted by Crippen LogP contribution is -2.66. The smallest absolute Gasteiger partial charge is 0.223 e. The first-order valence-electron chi connectivity index (χ1n) is 8.76. The van der Waals surface area contributed by atoms with Crippen LogP contribution in [-0.4, -0.2) is 37.9 Å². The number of hydrogen-bond acceptors (Lipinski definition) is 3. The van der Waals surface area contributed by atoms with Crippen molar-refractivity contribution in [3.05, 3.63) is 0 Å². The molecular formula is C17H29NO3. The summed E-state index contributed by atoms with van der Waals surface area (Å²) in [5, 5.41) is 3.36. The summed E-state index contributed by atoms with van der Waals surface area (Å²) in [7, 11) is 0. The van der Waals surface area contributed by atoms with Crippen LogP contribution in [0, 0.1) is 11.3 Å². The molecule has 1 heterocycles. The molecule has 4 nitrogen and oxygen atoms in total. The molecule has 1 N–H and O–H groups in total. The van der Waals surface area contributed by atoms with Crippen LogP contribution >= 0.6 is 0 Å². The van der Waals surface area contributed by atoms with Crippen LogP contribution < -0.4 is 5.32 Å². The SMILES string of the molecule is CCO[C@@H]1C[C@@H](NC(=O)C2CCOCC2)C12CCCCC2. The van der Waals surface area contributed by atoms with Crippen LogP contribution in [0.4, 0.5) is 0 Å². The second-order valence-electron chi connectivity index (χ2n) is 6.92. The Morgan fingerprint density at radius 2 is 1.95 bits per heavy atom. The highest BCUT2D eigenvalue weighted by Gasteiger charge is 2.56. The third-order valence-corrected chi connectivity index (χ3v) is 5.85. The zero-order valence-corrected chi connectivity index (χ0v) is 13.2. The van der Waals surface area contributed by atoms with E-state index in [1.807, 2.05) is 0 Å². The molecule has 4 heteroatoms. The number of amides is 1. The Balaban J connectivity index is 1.60. The second kappa shape index (κ2) is 6.66. The molecule has 1 amide bonds. The van der Waals surface area contributed by atoms with Crippen LogP contribution in [0.2, 0.25) is 0 Å². The normalized spacial score (nSPS) is 32.6. The van der Waals surface area contributed by atoms with Gasteiger partial charge in [0, 0.05) is 37.2 Å². The Morgan fingerprint density at radius 1 is 1.24 bits per heavy atom. The maximum Gasteiger partial charge on any atom is 0.223 e. The van der Waals surface area contributed by atoms with Crippen LogP contribution in [-0.2, 0) is 14.3 Å². The van der Waals surface area contributed by atoms with E-state index < -0.39 is 0 Å². The Morgan fingerprint density at radius 3 is 2.62 bits per heavy atom. The van der Waals surface area contributed by atoms with Crippen molar-refractivity contribution in [2.75, 3.05) is 19.8 Å². The predicted molar refractivity (Wildman–Crippen MR) is 81.0 cm³/mol. The molecule has 0 aromatic heterocycles. The summed E-state index contributed by atoms with van der Waals surface area (Å²) >= 11 is 0. The number of rotatable bonds is 4. The maximum absolute atomic E-state index is 12.5. The standard InChI is InChI=1S/C17H29NO3/c1-2-21-15-12-14(17(15)8-4-3-5-9-17)18-16(19)13-6-10-20-11-7-13/h13-15H,2-12H2,1H3,(H,18,19)/t14-,15-/m1/s1. The lowest BCUT2D eigenvalue weighted by molar-refractivity contribution is -0.159. The molecule has 2 aliphatic carbocycles. The van der Waals surface area contributed by atoms with E-state index in [0.717, 1.165) is 39.1 Å². The molecule has 1 saturated heterocycles. The first-order valence-corrected chi connectivity index (χ1v) is 8.76. The van der Waals surface area contributed by atoms with Gasteiger partial charge in [0.15, 0.2) is 0 Å². The fourth-order valence-corrected chi connectivity index (χ4v) is 4.52. The summed E-state index contributed by atoms with van der Waals surface area (Å²) < 4.78 is 11.3. The Hall–Kier alpha value is -0.610. The van der Waals surface area contributed by atoms with Crippen molar-refractivity contribution < 1.29 is 14.3 Å². The van der Waals surface area contributed by atoms with E-state index in [1.165, 1.54) is 32.1 Å². The van der Waals surface area contributed by atoms with E-state index in [2.05, 4.69) is 12.2 Å². The molecule has 0 unspecified atom stereocenters. The van der Waals surface area contributed by atoms with Gasteiger partial charge in [-0.15, -0.1) is 0 Å². The topological polar surface area (TPSA) is 47.6 Å². The fraction of sp³-hybridized carbons (Fsp3) is 0.941. The van der Waals surface area contributed by atoms with Gasteiger partial charge in [-0.3, -0.25) is 4.79 Å². The fourth-order valence-electron chi connectivity index (χ4n) is 4.52. The Labute approximate surface area is 127 Å². The van der Waals surface area contributed by atoms with Gasteiger partial charge < -0.3 is 14.8 Å². The van der Waals surface area contributed by atoms with Gasteiger partial charge in [-0.25, -0.2) is 0 Å². The van der Waals surface area contributed by atoms with Gasteiger partial charge in [0.2, 0.25) is 5.91 Å². The van der Waals surface area contributed by atoms with Crippen molar-refractivity contribution in [3.63, 3.8) is 0 Å². The minimum absolute atomic E-state index is 0.158. The van der Waals surface area contributed by atoms with Gasteiger partial charge in [-0.2, -0.15) is 0 Å². The third-order valence-electron chi connectivity index (χ3n) is 5.85. The van der Waals surface area contributed by atoms with Crippen molar-refractivity contribution in [1.29, 1.82) is 0 Å². The molecule has 3 rings (SSSR count). The van der Waals surface area contributed by atoms with Crippen LogP contribution in [0.3, 0.4) is 0 Å². The molecule has 2 saturated carbocycles. The molecule has 1 aliphatic heterocycles. The molecule has 1 spiro atoms. The van der Waals surface area contributed by atoms with Gasteiger partial charge in [0.1, 0.15) is 0 Å². The highest BCUT2D eigenvalue weighted by atomic mass is 16.5. The molecule has 120 valence electrons. The number of nitrogens with one attached hydrogen (secondary N) is 1. The zero-order valence-electron chi connectivity index (χ0n) is 13.2. The molecule has 21 heavy (non-hydrogen) atoms. The van der Waals surface area contributed by atoms with Gasteiger partial charge in [-0.1, -0.05) is 19.3 Å². The Bertz CT molecular complexity index is 359. The summed E-state index contributed by atoms with van der Waals surface area (Å²) in [5.74, 6) is 0.411. The number of carbonyl (C=O) groups is 1. The predicted octanol–water partition coefficient (Wildman–Crippen LogP) is 2.66. The van der Waals surface area contributed by atoms with E-state index in [0.29, 0.717) is 12.1 Å². The van der Waals surface area contributed by atoms with Crippen molar-refractivity contribution in [2.45, 2.75) is 70.4 Å². The molecule has 0 aromatic carbocycles.